The highest BCUT2D eigenvalue weighted by atomic mass is 35.5. The summed E-state index contributed by atoms with van der Waals surface area (Å²) in [5.41, 5.74) is 8.54. The molecule has 4 heterocycles. The number of H-pyrrole nitrogens is 2. The lowest BCUT2D eigenvalue weighted by molar-refractivity contribution is 0.0998. The van der Waals surface area contributed by atoms with Crippen LogP contribution in [0, 0.1) is 34.0 Å². The topological polar surface area (TPSA) is 202 Å². The van der Waals surface area contributed by atoms with E-state index in [1.165, 1.54) is 221 Å². The Morgan fingerprint density at radius 1 is 0.325 bits per heavy atom. The summed E-state index contributed by atoms with van der Waals surface area (Å²) in [4.78, 5) is 42.0. The zero-order chi connectivity index (χ0) is 79.2. The number of rotatable bonds is 40. The van der Waals surface area contributed by atoms with Crippen molar-refractivity contribution in [3.05, 3.63) is 245 Å². The van der Waals surface area contributed by atoms with Crippen LogP contribution in [0.3, 0.4) is 0 Å². The number of amides is 2. The second-order valence-corrected chi connectivity index (χ2v) is 32.5. The number of thioether (sulfide) groups is 2. The molecule has 0 aliphatic carbocycles. The van der Waals surface area contributed by atoms with Gasteiger partial charge in [0.15, 0.2) is 11.8 Å². The molecule has 2 aliphatic rings. The fourth-order valence-electron chi connectivity index (χ4n) is 13.1. The maximum atomic E-state index is 12.8. The summed E-state index contributed by atoms with van der Waals surface area (Å²) in [5.74, 6) is 1.41. The van der Waals surface area contributed by atoms with Crippen LogP contribution in [0.25, 0.3) is 22.5 Å². The van der Waals surface area contributed by atoms with Crippen molar-refractivity contribution >= 4 is 105 Å². The summed E-state index contributed by atoms with van der Waals surface area (Å²) in [5, 5.41) is 49.5. The number of unbranched alkanes of at least 4 members (excludes halogenated alkanes) is 30. The van der Waals surface area contributed by atoms with Gasteiger partial charge < -0.3 is 20.2 Å². The van der Waals surface area contributed by atoms with Crippen LogP contribution in [0.4, 0.5) is 0 Å². The molecule has 2 aromatic heterocycles. The molecule has 7 aromatic carbocycles. The molecule has 0 atom stereocenters. The largest absolute Gasteiger partial charge is 0.494 e. The van der Waals surface area contributed by atoms with E-state index in [0.717, 1.165) is 22.4 Å². The van der Waals surface area contributed by atoms with Crippen molar-refractivity contribution < 1.29 is 19.8 Å². The third-order valence-corrected chi connectivity index (χ3v) is 22.6. The number of carbonyl (C=O) groups excluding carboxylic acids is 2. The number of nitrogens with zero attached hydrogens (tertiary/aromatic N) is 5. The molecule has 2 amide bonds. The molecule has 11 rings (SSSR count). The van der Waals surface area contributed by atoms with Gasteiger partial charge in [-0.2, -0.15) is 15.8 Å². The first-order valence-corrected chi connectivity index (χ1v) is 43.6. The highest BCUT2D eigenvalue weighted by Crippen LogP contribution is 2.41. The van der Waals surface area contributed by atoms with E-state index in [9.17, 15) is 19.8 Å². The Bertz CT molecular complexity index is 4480. The van der Waals surface area contributed by atoms with Crippen molar-refractivity contribution in [2.24, 2.45) is 9.98 Å². The van der Waals surface area contributed by atoms with Crippen molar-refractivity contribution in [3.8, 4) is 52.5 Å². The van der Waals surface area contributed by atoms with Crippen molar-refractivity contribution in [3.63, 3.8) is 0 Å². The first kappa shape index (κ1) is 98.4. The molecule has 608 valence electrons. The van der Waals surface area contributed by atoms with Crippen LogP contribution < -0.4 is 0 Å². The van der Waals surface area contributed by atoms with Crippen LogP contribution in [0.2, 0.25) is 25.1 Å². The molecular weight excluding hydrogens is 1560 g/mol. The molecule has 0 unspecified atom stereocenters. The normalized spacial score (nSPS) is 11.3. The number of hydrogen-bond acceptors (Lipinski definition) is 9. The number of halogens is 5. The fourth-order valence-corrected chi connectivity index (χ4v) is 15.8. The Morgan fingerprint density at radius 3 is 0.912 bits per heavy atom. The number of aromatic hydroxyl groups is 2. The summed E-state index contributed by atoms with van der Waals surface area (Å²) in [7, 11) is 0. The molecule has 0 saturated heterocycles. The monoisotopic (exact) mass is 1670 g/mol. The van der Waals surface area contributed by atoms with Gasteiger partial charge in [0.25, 0.3) is 11.8 Å². The first-order valence-electron chi connectivity index (χ1n) is 39.8. The zero-order valence-corrected chi connectivity index (χ0v) is 69.8. The van der Waals surface area contributed by atoms with Gasteiger partial charge in [0.2, 0.25) is 0 Å². The molecule has 11 nitrogen and oxygen atoms in total. The van der Waals surface area contributed by atoms with E-state index in [1.54, 1.807) is 103 Å². The second-order valence-electron chi connectivity index (χ2n) is 28.0. The standard InChI is InChI=1S/C36H47ClN2O2S.C25H41NS.C18H10Cl2N2O2.2C7H4ClN.3CH4/c1-2-3-4-5-6-7-8-9-10-11-12-13-14-15-16-17-25-42-30-23-21-27(22-24-30)33-31-32(36(41)38-33)34(39-35(31)40)28-19-18-20-29(37)26-28;1-2-3-4-5-6-7-8-9-10-11-12-13-14-15-16-17-22-27-25-20-18-24(23-26)19-21-25;19-11-6-4-9(5-7-11)15-13-14(18(24)21-15)16(22-17(13)23)10-2-1-3-12(20)8-10;8-7-3-1-6(5-9)2-4-7;8-7-3-1-2-6(4-7)5-9;;;/h18-24,26,39-40H,2-17,25H2,1H3;18-21H,2-17,22H2,1H3;1-8,22-23H;2*1-4H;3*1H4. The van der Waals surface area contributed by atoms with E-state index in [2.05, 4.69) is 64.1 Å². The summed E-state index contributed by atoms with van der Waals surface area (Å²) in [6, 6.07) is 57.0. The van der Waals surface area contributed by atoms with E-state index >= 15 is 0 Å². The highest BCUT2D eigenvalue weighted by Gasteiger charge is 2.35. The van der Waals surface area contributed by atoms with Gasteiger partial charge in [0, 0.05) is 57.2 Å². The number of fused-ring (bicyclic) bond motifs is 2. The number of carbonyl (C=O) groups is 2. The molecule has 0 fully saturated rings. The molecule has 0 spiro atoms. The third kappa shape index (κ3) is 34.8. The SMILES string of the molecule is C.C.C.CCCCCCCCCCCCCCCCCCSc1ccc(C#N)cc1.CCCCCCCCCCCCCCCCCCSc1ccc(C2=NC(=O)c3c(-c4cccc(Cl)c4)[nH]c(O)c32)cc1.N#Cc1ccc(Cl)cc1.N#Cc1cccc(Cl)c1.O=C1N=C(c2ccc(Cl)cc2)c2c(O)[nH]c(-c3cccc(Cl)c3)c21. The van der Waals surface area contributed by atoms with Gasteiger partial charge >= 0.3 is 0 Å². The van der Waals surface area contributed by atoms with Crippen molar-refractivity contribution in [2.45, 2.75) is 251 Å². The molecule has 9 aromatic rings. The summed E-state index contributed by atoms with van der Waals surface area (Å²) < 4.78 is 0. The average Bonchev–Trinajstić information content (AvgIpc) is 1.60. The molecule has 2 aliphatic heterocycles. The van der Waals surface area contributed by atoms with Crippen LogP contribution in [0.1, 0.15) is 301 Å². The van der Waals surface area contributed by atoms with E-state index < -0.39 is 5.91 Å². The van der Waals surface area contributed by atoms with Crippen LogP contribution in [0.5, 0.6) is 11.8 Å². The van der Waals surface area contributed by atoms with Gasteiger partial charge in [0.1, 0.15) is 0 Å². The molecule has 0 radical (unpaired) electrons. The predicted molar refractivity (Wildman–Crippen MR) is 488 cm³/mol. The number of benzene rings is 7. The maximum Gasteiger partial charge on any atom is 0.280 e. The van der Waals surface area contributed by atoms with Crippen molar-refractivity contribution in [2.75, 3.05) is 11.5 Å². The Labute approximate surface area is 715 Å². The number of nitriles is 3. The van der Waals surface area contributed by atoms with Gasteiger partial charge in [-0.15, -0.1) is 23.5 Å². The summed E-state index contributed by atoms with van der Waals surface area (Å²) >= 11 is 33.0. The predicted octanol–water partition coefficient (Wildman–Crippen LogP) is 31.3. The highest BCUT2D eigenvalue weighted by molar-refractivity contribution is 7.99. The number of aliphatic imine (C=N–C) groups is 2. The van der Waals surface area contributed by atoms with E-state index in [-0.39, 0.29) is 39.9 Å². The molecular formula is C96H118Cl5N7O4S2. The Morgan fingerprint density at radius 2 is 0.605 bits per heavy atom. The molecule has 0 bridgehead atoms. The van der Waals surface area contributed by atoms with Crippen molar-refractivity contribution in [1.29, 1.82) is 15.8 Å². The maximum absolute atomic E-state index is 12.8. The van der Waals surface area contributed by atoms with Crippen LogP contribution in [-0.4, -0.2) is 54.9 Å². The Hall–Kier alpha value is -8.00. The molecule has 18 heteroatoms. The Kier molecular flexibility index (Phi) is 49.3. The van der Waals surface area contributed by atoms with E-state index in [1.807, 2.05) is 78.1 Å². The first-order chi connectivity index (χ1) is 54.1. The van der Waals surface area contributed by atoms with Crippen LogP contribution in [0.15, 0.2) is 190 Å². The smallest absolute Gasteiger partial charge is 0.280 e. The van der Waals surface area contributed by atoms with Crippen LogP contribution >= 0.6 is 81.5 Å². The lowest BCUT2D eigenvalue weighted by Crippen LogP contribution is -1.99. The van der Waals surface area contributed by atoms with E-state index in [4.69, 9.17) is 73.8 Å². The quantitative estimate of drug-likeness (QED) is 0.0213. The third-order valence-electron chi connectivity index (χ3n) is 19.2. The molecule has 114 heavy (non-hydrogen) atoms. The van der Waals surface area contributed by atoms with E-state index in [0.29, 0.717) is 92.4 Å². The van der Waals surface area contributed by atoms with Crippen LogP contribution in [-0.2, 0) is 0 Å². The summed E-state index contributed by atoms with van der Waals surface area (Å²) in [6.07, 6.45) is 45.0. The summed E-state index contributed by atoms with van der Waals surface area (Å²) in [6.45, 7) is 4.57. The van der Waals surface area contributed by atoms with Gasteiger partial charge in [-0.3, -0.25) is 9.59 Å². The lowest BCUT2D eigenvalue weighted by Gasteiger charge is -2.05. The minimum Gasteiger partial charge on any atom is -0.494 e. The average molecular weight is 1680 g/mol. The number of aromatic nitrogens is 2. The second kappa shape index (κ2) is 57.1. The lowest BCUT2D eigenvalue weighted by atomic mass is 10.0. The minimum atomic E-state index is -0.401. The molecule has 4 N–H and O–H groups in total. The number of aromatic amines is 2. The number of hydrogen-bond donors (Lipinski definition) is 4. The Balaban J connectivity index is 0.000000329. The van der Waals surface area contributed by atoms with Gasteiger partial charge in [-0.05, 0) is 140 Å². The van der Waals surface area contributed by atoms with Gasteiger partial charge in [-0.25, -0.2) is 9.98 Å². The van der Waals surface area contributed by atoms with Gasteiger partial charge in [-0.1, -0.05) is 341 Å². The minimum absolute atomic E-state index is 0. The zero-order valence-electron chi connectivity index (χ0n) is 64.4. The van der Waals surface area contributed by atoms with Crippen molar-refractivity contribution in [1.82, 2.24) is 9.97 Å². The number of nitrogens with one attached hydrogen (secondary N) is 2. The van der Waals surface area contributed by atoms with Gasteiger partial charge in [0.05, 0.1) is 80.0 Å². The fraction of sp³-hybridized carbons (Fsp3) is 0.406. The molecule has 0 saturated carbocycles.